The Kier molecular flexibility index (Phi) is 14.1. The van der Waals surface area contributed by atoms with E-state index < -0.39 is 45.9 Å². The molecule has 5 atom stereocenters. The second kappa shape index (κ2) is 18.5. The van der Waals surface area contributed by atoms with Gasteiger partial charge in [-0.2, -0.15) is 0 Å². The molecule has 55 heavy (non-hydrogen) atoms. The molecule has 5 rings (SSSR count). The summed E-state index contributed by atoms with van der Waals surface area (Å²) in [7, 11) is -3.80. The molecule has 2 aromatic rings. The number of rotatable bonds is 16. The standard InChI is InChI=1S/C39H59N9O6S/c1-5-6-18-30(43-35-29-17-10-11-19-33(29)55(53,54)46-35)37(51)41-23-31(34(40)49)44-36(50)26-15-12-16-27(21-26)42-38(52)32(22-39(2,3)4)48-24-28(45-47-48)20-25-13-8-7-9-14-25/h10-11,17,19,24-27,30-32H,5-9,12-16,18,20-23H2,1-4H3,(H2,40,49)(H,41,51)(H,42,52)(H,43,46)(H,44,50)/t26?,27?,30?,31-,32+/m1/s1. The van der Waals surface area contributed by atoms with E-state index in [-0.39, 0.29) is 40.5 Å². The fourth-order valence-electron chi connectivity index (χ4n) is 7.86. The zero-order valence-corrected chi connectivity index (χ0v) is 33.5. The minimum absolute atomic E-state index is 0.0796. The molecular formula is C39H59N9O6S. The number of aliphatic imine (C=N–C) groups is 1. The largest absolute Gasteiger partial charge is 0.368 e. The van der Waals surface area contributed by atoms with Crippen LogP contribution >= 0.6 is 0 Å². The van der Waals surface area contributed by atoms with Gasteiger partial charge in [-0.25, -0.2) is 13.1 Å². The van der Waals surface area contributed by atoms with Crippen LogP contribution in [0.2, 0.25) is 0 Å². The van der Waals surface area contributed by atoms with Crippen LogP contribution < -0.4 is 26.4 Å². The predicted octanol–water partition coefficient (Wildman–Crippen LogP) is 3.44. The lowest BCUT2D eigenvalue weighted by Gasteiger charge is -2.32. The van der Waals surface area contributed by atoms with Crippen molar-refractivity contribution in [3.63, 3.8) is 0 Å². The van der Waals surface area contributed by atoms with E-state index in [2.05, 4.69) is 56.7 Å². The number of nitrogens with zero attached hydrogens (tertiary/aromatic N) is 4. The van der Waals surface area contributed by atoms with Gasteiger partial charge in [0.05, 0.1) is 10.6 Å². The van der Waals surface area contributed by atoms with E-state index in [0.29, 0.717) is 56.4 Å². The van der Waals surface area contributed by atoms with Crippen LogP contribution in [0.25, 0.3) is 0 Å². The maximum absolute atomic E-state index is 13.9. The third-order valence-corrected chi connectivity index (χ3v) is 12.2. The van der Waals surface area contributed by atoms with Gasteiger partial charge in [0.25, 0.3) is 10.0 Å². The Morgan fingerprint density at radius 2 is 1.78 bits per heavy atom. The van der Waals surface area contributed by atoms with Crippen molar-refractivity contribution in [2.45, 2.75) is 147 Å². The van der Waals surface area contributed by atoms with Crippen molar-refractivity contribution in [2.24, 2.45) is 28.0 Å². The van der Waals surface area contributed by atoms with Crippen molar-refractivity contribution < 1.29 is 27.6 Å². The van der Waals surface area contributed by atoms with Crippen molar-refractivity contribution in [1.29, 1.82) is 0 Å². The average Bonchev–Trinajstić information content (AvgIpc) is 3.71. The Hall–Kier alpha value is -4.34. The van der Waals surface area contributed by atoms with E-state index in [1.807, 2.05) is 13.1 Å². The SMILES string of the molecule is CCCCC(N=C1NS(=O)(=O)c2ccccc21)C(=O)NC[C@@H](NC(=O)C1CCCC(NC(=O)[C@H](CC(C)(C)C)n2cc(CC3CCCCC3)nn2)C1)C(N)=O. The van der Waals surface area contributed by atoms with Crippen molar-refractivity contribution in [3.8, 4) is 0 Å². The van der Waals surface area contributed by atoms with Gasteiger partial charge in [-0.3, -0.25) is 28.9 Å². The number of unbranched alkanes of at least 4 members (excludes halogenated alkanes) is 1. The molecule has 0 bridgehead atoms. The quantitative estimate of drug-likeness (QED) is 0.170. The second-order valence-corrected chi connectivity index (χ2v) is 18.3. The highest BCUT2D eigenvalue weighted by Crippen LogP contribution is 2.31. The van der Waals surface area contributed by atoms with Crippen LogP contribution in [0.1, 0.15) is 128 Å². The third-order valence-electron chi connectivity index (χ3n) is 10.8. The van der Waals surface area contributed by atoms with E-state index >= 15 is 0 Å². The summed E-state index contributed by atoms with van der Waals surface area (Å²) in [6.45, 7) is 7.96. The lowest BCUT2D eigenvalue weighted by atomic mass is 9.84. The number of carbonyl (C=O) groups excluding carboxylic acids is 4. The van der Waals surface area contributed by atoms with Gasteiger partial charge in [-0.1, -0.05) is 96.4 Å². The third kappa shape index (κ3) is 11.6. The summed E-state index contributed by atoms with van der Waals surface area (Å²) < 4.78 is 29.4. The number of amides is 4. The summed E-state index contributed by atoms with van der Waals surface area (Å²) in [6, 6.07) is 3.45. The van der Waals surface area contributed by atoms with Crippen LogP contribution in [0.15, 0.2) is 40.4 Å². The Morgan fingerprint density at radius 1 is 1.04 bits per heavy atom. The zero-order valence-electron chi connectivity index (χ0n) is 32.7. The van der Waals surface area contributed by atoms with Crippen LogP contribution in [-0.2, 0) is 35.6 Å². The van der Waals surface area contributed by atoms with E-state index in [0.717, 1.165) is 18.5 Å². The smallest absolute Gasteiger partial charge is 0.263 e. The van der Waals surface area contributed by atoms with Gasteiger partial charge in [0.2, 0.25) is 23.6 Å². The number of aromatic nitrogens is 3. The van der Waals surface area contributed by atoms with Gasteiger partial charge in [0.1, 0.15) is 24.0 Å². The molecule has 3 unspecified atom stereocenters. The van der Waals surface area contributed by atoms with Gasteiger partial charge in [-0.15, -0.1) is 5.10 Å². The van der Waals surface area contributed by atoms with E-state index in [1.165, 1.54) is 38.2 Å². The number of carbonyl (C=O) groups is 4. The molecular weight excluding hydrogens is 723 g/mol. The molecule has 1 aliphatic heterocycles. The normalized spacial score (nSPS) is 22.1. The number of benzene rings is 1. The number of nitrogens with two attached hydrogens (primary N) is 1. The van der Waals surface area contributed by atoms with Crippen molar-refractivity contribution in [1.82, 2.24) is 35.7 Å². The average molecular weight is 782 g/mol. The molecule has 1 aromatic carbocycles. The molecule has 15 nitrogen and oxygen atoms in total. The predicted molar refractivity (Wildman–Crippen MR) is 208 cm³/mol. The molecule has 3 aliphatic rings. The molecule has 0 saturated heterocycles. The molecule has 2 heterocycles. The molecule has 6 N–H and O–H groups in total. The summed E-state index contributed by atoms with van der Waals surface area (Å²) in [5.41, 5.74) is 6.81. The van der Waals surface area contributed by atoms with E-state index in [9.17, 15) is 27.6 Å². The highest BCUT2D eigenvalue weighted by Gasteiger charge is 2.35. The first-order chi connectivity index (χ1) is 26.1. The summed E-state index contributed by atoms with van der Waals surface area (Å²) in [6.07, 6.45) is 13.6. The molecule has 4 amide bonds. The maximum atomic E-state index is 13.9. The Balaban J connectivity index is 1.18. The fourth-order valence-corrected chi connectivity index (χ4v) is 9.10. The number of primary amides is 1. The van der Waals surface area contributed by atoms with Crippen LogP contribution in [-0.4, -0.2) is 77.5 Å². The maximum Gasteiger partial charge on any atom is 0.263 e. The van der Waals surface area contributed by atoms with Gasteiger partial charge >= 0.3 is 0 Å². The van der Waals surface area contributed by atoms with Gasteiger partial charge in [0.15, 0.2) is 0 Å². The van der Waals surface area contributed by atoms with Crippen molar-refractivity contribution >= 4 is 39.5 Å². The number of nitrogens with one attached hydrogen (secondary N) is 4. The first-order valence-corrected chi connectivity index (χ1v) is 21.4. The van der Waals surface area contributed by atoms with Crippen LogP contribution in [0, 0.1) is 17.3 Å². The highest BCUT2D eigenvalue weighted by atomic mass is 32.2. The first-order valence-electron chi connectivity index (χ1n) is 19.9. The van der Waals surface area contributed by atoms with Crippen molar-refractivity contribution in [3.05, 3.63) is 41.7 Å². The molecule has 2 saturated carbocycles. The number of fused-ring (bicyclic) bond motifs is 1. The molecule has 1 aromatic heterocycles. The summed E-state index contributed by atoms with van der Waals surface area (Å²) in [4.78, 5) is 57.8. The first kappa shape index (κ1) is 41.8. The molecule has 302 valence electrons. The summed E-state index contributed by atoms with van der Waals surface area (Å²) in [5.74, 6) is -1.69. The van der Waals surface area contributed by atoms with Gasteiger partial charge in [-0.05, 0) is 62.0 Å². The Labute approximate surface area is 324 Å². The number of amidine groups is 1. The molecule has 2 fully saturated rings. The van der Waals surface area contributed by atoms with E-state index in [4.69, 9.17) is 5.73 Å². The lowest BCUT2D eigenvalue weighted by molar-refractivity contribution is -0.132. The minimum atomic E-state index is -3.80. The van der Waals surface area contributed by atoms with Crippen LogP contribution in [0.4, 0.5) is 0 Å². The number of hydrogen-bond acceptors (Lipinski definition) is 9. The van der Waals surface area contributed by atoms with Crippen LogP contribution in [0.5, 0.6) is 0 Å². The van der Waals surface area contributed by atoms with Crippen LogP contribution in [0.3, 0.4) is 0 Å². The fraction of sp³-hybridized carbons (Fsp3) is 0.667. The van der Waals surface area contributed by atoms with E-state index in [1.54, 1.807) is 22.9 Å². The number of sulfonamides is 1. The second-order valence-electron chi connectivity index (χ2n) is 16.7. The number of hydrogen-bond donors (Lipinski definition) is 5. The van der Waals surface area contributed by atoms with Crippen molar-refractivity contribution in [2.75, 3.05) is 6.54 Å². The summed E-state index contributed by atoms with van der Waals surface area (Å²) in [5, 5.41) is 17.4. The van der Waals surface area contributed by atoms with Gasteiger partial charge in [0, 0.05) is 30.3 Å². The zero-order chi connectivity index (χ0) is 39.8. The highest BCUT2D eigenvalue weighted by molar-refractivity contribution is 7.90. The molecule has 0 spiro atoms. The Bertz CT molecular complexity index is 1810. The molecule has 0 radical (unpaired) electrons. The van der Waals surface area contributed by atoms with Gasteiger partial charge < -0.3 is 21.7 Å². The topological polar surface area (TPSA) is 220 Å². The Morgan fingerprint density at radius 3 is 2.49 bits per heavy atom. The minimum Gasteiger partial charge on any atom is -0.368 e. The monoisotopic (exact) mass is 781 g/mol. The summed E-state index contributed by atoms with van der Waals surface area (Å²) >= 11 is 0. The lowest BCUT2D eigenvalue weighted by Crippen LogP contribution is -2.54. The molecule has 2 aliphatic carbocycles. The molecule has 16 heteroatoms.